The Hall–Kier alpha value is -3.34. The summed E-state index contributed by atoms with van der Waals surface area (Å²) in [5, 5.41) is 14.5. The third-order valence-corrected chi connectivity index (χ3v) is 3.66. The number of hydrogen-bond acceptors (Lipinski definition) is 4. The van der Waals surface area contributed by atoms with Gasteiger partial charge in [-0.15, -0.1) is 0 Å². The number of aromatic nitrogens is 2. The molecule has 25 heavy (non-hydrogen) atoms. The molecule has 0 atom stereocenters. The monoisotopic (exact) mass is 334 g/mol. The first-order valence-corrected chi connectivity index (χ1v) is 7.96. The normalized spacial score (nSPS) is 11.3. The first-order chi connectivity index (χ1) is 12.2. The molecule has 0 aliphatic heterocycles. The minimum atomic E-state index is -0.465. The third-order valence-electron chi connectivity index (χ3n) is 3.66. The number of esters is 1. The largest absolute Gasteiger partial charge is 0.507 e. The number of aromatic hydroxyl groups is 1. The fourth-order valence-corrected chi connectivity index (χ4v) is 2.50. The van der Waals surface area contributed by atoms with E-state index in [1.165, 1.54) is 6.08 Å². The summed E-state index contributed by atoms with van der Waals surface area (Å²) in [5.41, 5.74) is 2.71. The summed E-state index contributed by atoms with van der Waals surface area (Å²) >= 11 is 0. The molecule has 0 saturated carbocycles. The molecule has 126 valence electrons. The van der Waals surface area contributed by atoms with Crippen LogP contribution in [0.15, 0.2) is 73.1 Å². The average molecular weight is 334 g/mol. The van der Waals surface area contributed by atoms with Crippen LogP contribution in [0, 0.1) is 0 Å². The Morgan fingerprint density at radius 3 is 2.60 bits per heavy atom. The van der Waals surface area contributed by atoms with Gasteiger partial charge in [0.05, 0.1) is 18.5 Å². The highest BCUT2D eigenvalue weighted by molar-refractivity contribution is 5.97. The van der Waals surface area contributed by atoms with E-state index in [-0.39, 0.29) is 12.4 Å². The Morgan fingerprint density at radius 1 is 1.16 bits per heavy atom. The summed E-state index contributed by atoms with van der Waals surface area (Å²) in [7, 11) is 0. The minimum Gasteiger partial charge on any atom is -0.507 e. The summed E-state index contributed by atoms with van der Waals surface area (Å²) in [6.45, 7) is 2.03. The van der Waals surface area contributed by atoms with Gasteiger partial charge in [0.2, 0.25) is 0 Å². The van der Waals surface area contributed by atoms with Gasteiger partial charge in [-0.1, -0.05) is 36.4 Å². The summed E-state index contributed by atoms with van der Waals surface area (Å²) in [4.78, 5) is 12.0. The predicted octanol–water partition coefficient (Wildman–Crippen LogP) is 3.57. The van der Waals surface area contributed by atoms with Crippen LogP contribution < -0.4 is 0 Å². The Bertz CT molecular complexity index is 898. The number of carbonyl (C=O) groups excluding carboxylic acids is 1. The number of hydrogen-bond donors (Lipinski definition) is 1. The van der Waals surface area contributed by atoms with Crippen LogP contribution in [0.3, 0.4) is 0 Å². The van der Waals surface area contributed by atoms with Gasteiger partial charge in [0, 0.05) is 29.0 Å². The van der Waals surface area contributed by atoms with Crippen molar-refractivity contribution in [2.24, 2.45) is 0 Å². The molecule has 0 aliphatic carbocycles. The van der Waals surface area contributed by atoms with E-state index in [9.17, 15) is 9.90 Å². The van der Waals surface area contributed by atoms with E-state index in [0.29, 0.717) is 16.7 Å². The second-order valence-corrected chi connectivity index (χ2v) is 5.34. The van der Waals surface area contributed by atoms with Crippen molar-refractivity contribution in [3.63, 3.8) is 0 Å². The zero-order valence-corrected chi connectivity index (χ0v) is 13.8. The lowest BCUT2D eigenvalue weighted by Gasteiger charge is -2.08. The smallest absolute Gasteiger partial charge is 0.331 e. The number of nitrogens with zero attached hydrogens (tertiary/aromatic N) is 2. The van der Waals surface area contributed by atoms with Crippen LogP contribution in [0.5, 0.6) is 5.75 Å². The molecule has 0 aliphatic rings. The van der Waals surface area contributed by atoms with Gasteiger partial charge in [0.15, 0.2) is 0 Å². The molecule has 2 aromatic carbocycles. The number of phenolic OH excluding ortho intramolecular Hbond substituents is 1. The molecular weight excluding hydrogens is 316 g/mol. The Morgan fingerprint density at radius 2 is 1.88 bits per heavy atom. The van der Waals surface area contributed by atoms with Crippen molar-refractivity contribution in [3.05, 3.63) is 84.2 Å². The van der Waals surface area contributed by atoms with Gasteiger partial charge in [-0.2, -0.15) is 5.10 Å². The van der Waals surface area contributed by atoms with Crippen LogP contribution in [0.2, 0.25) is 0 Å². The lowest BCUT2D eigenvalue weighted by Crippen LogP contribution is -2.01. The van der Waals surface area contributed by atoms with E-state index in [4.69, 9.17) is 4.74 Å². The van der Waals surface area contributed by atoms with E-state index in [2.05, 4.69) is 5.10 Å². The predicted molar refractivity (Wildman–Crippen MR) is 95.4 cm³/mol. The molecular formula is C20H18N2O3. The van der Waals surface area contributed by atoms with Crippen LogP contribution in [0.1, 0.15) is 18.1 Å². The van der Waals surface area contributed by atoms with Crippen LogP contribution >= 0.6 is 0 Å². The van der Waals surface area contributed by atoms with Crippen molar-refractivity contribution in [2.75, 3.05) is 6.61 Å². The molecule has 5 heteroatoms. The lowest BCUT2D eigenvalue weighted by molar-refractivity contribution is -0.137. The molecule has 1 aromatic heterocycles. The Kier molecular flexibility index (Phi) is 4.95. The highest BCUT2D eigenvalue weighted by Gasteiger charge is 2.14. The van der Waals surface area contributed by atoms with Crippen molar-refractivity contribution < 1.29 is 14.6 Å². The summed E-state index contributed by atoms with van der Waals surface area (Å²) in [6.07, 6.45) is 4.85. The van der Waals surface area contributed by atoms with Crippen LogP contribution in [-0.4, -0.2) is 27.5 Å². The molecule has 0 unspecified atom stereocenters. The van der Waals surface area contributed by atoms with E-state index in [1.54, 1.807) is 42.1 Å². The number of ether oxygens (including phenoxy) is 1. The third kappa shape index (κ3) is 3.77. The van der Waals surface area contributed by atoms with Gasteiger partial charge >= 0.3 is 5.97 Å². The molecule has 0 spiro atoms. The second kappa shape index (κ2) is 7.49. The molecule has 5 nitrogen and oxygen atoms in total. The van der Waals surface area contributed by atoms with Crippen molar-refractivity contribution >= 4 is 11.5 Å². The molecule has 1 heterocycles. The summed E-state index contributed by atoms with van der Waals surface area (Å²) in [5.74, 6) is -0.376. The number of para-hydroxylation sites is 2. The molecule has 3 rings (SSSR count). The molecule has 3 aromatic rings. The van der Waals surface area contributed by atoms with Crippen LogP contribution in [-0.2, 0) is 9.53 Å². The average Bonchev–Trinajstić information content (AvgIpc) is 3.11. The van der Waals surface area contributed by atoms with Gasteiger partial charge in [0.25, 0.3) is 0 Å². The van der Waals surface area contributed by atoms with Gasteiger partial charge in [0.1, 0.15) is 5.75 Å². The van der Waals surface area contributed by atoms with Crippen molar-refractivity contribution in [1.29, 1.82) is 0 Å². The van der Waals surface area contributed by atoms with E-state index < -0.39 is 5.97 Å². The molecule has 0 fully saturated rings. The maximum Gasteiger partial charge on any atom is 0.331 e. The standard InChI is InChI=1S/C20H18N2O3/c1-2-25-20(24)12-18(17-10-6-7-11-19(17)23)15-13-21-22(14-15)16-8-4-3-5-9-16/h3-14,23H,2H2,1H3/b18-12+. The van der Waals surface area contributed by atoms with E-state index in [1.807, 2.05) is 36.5 Å². The zero-order chi connectivity index (χ0) is 17.6. The van der Waals surface area contributed by atoms with Gasteiger partial charge in [-0.25, -0.2) is 9.48 Å². The van der Waals surface area contributed by atoms with Gasteiger partial charge in [-0.3, -0.25) is 0 Å². The van der Waals surface area contributed by atoms with Gasteiger partial charge < -0.3 is 9.84 Å². The second-order valence-electron chi connectivity index (χ2n) is 5.34. The number of rotatable bonds is 5. The number of phenols is 1. The van der Waals surface area contributed by atoms with Crippen molar-refractivity contribution in [3.8, 4) is 11.4 Å². The first-order valence-electron chi connectivity index (χ1n) is 7.96. The summed E-state index contributed by atoms with van der Waals surface area (Å²) in [6, 6.07) is 16.5. The quantitative estimate of drug-likeness (QED) is 0.572. The maximum atomic E-state index is 12.0. The van der Waals surface area contributed by atoms with E-state index >= 15 is 0 Å². The SMILES string of the molecule is CCOC(=O)/C=C(\c1cnn(-c2ccccc2)c1)c1ccccc1O. The van der Waals surface area contributed by atoms with Crippen LogP contribution in [0.4, 0.5) is 0 Å². The Labute approximate surface area is 145 Å². The molecule has 0 saturated heterocycles. The Balaban J connectivity index is 2.05. The summed E-state index contributed by atoms with van der Waals surface area (Å²) < 4.78 is 6.74. The van der Waals surface area contributed by atoms with Crippen molar-refractivity contribution in [1.82, 2.24) is 9.78 Å². The van der Waals surface area contributed by atoms with Crippen LogP contribution in [0.25, 0.3) is 11.3 Å². The lowest BCUT2D eigenvalue weighted by atomic mass is 9.99. The molecule has 0 radical (unpaired) electrons. The first kappa shape index (κ1) is 16.5. The highest BCUT2D eigenvalue weighted by Crippen LogP contribution is 2.30. The van der Waals surface area contributed by atoms with E-state index in [0.717, 1.165) is 5.69 Å². The molecule has 0 bridgehead atoms. The minimum absolute atomic E-state index is 0.0884. The van der Waals surface area contributed by atoms with Gasteiger partial charge in [-0.05, 0) is 25.1 Å². The van der Waals surface area contributed by atoms with Crippen molar-refractivity contribution in [2.45, 2.75) is 6.92 Å². The number of carbonyl (C=O) groups is 1. The fourth-order valence-electron chi connectivity index (χ4n) is 2.50. The maximum absolute atomic E-state index is 12.0. The topological polar surface area (TPSA) is 64.3 Å². The zero-order valence-electron chi connectivity index (χ0n) is 13.8. The molecule has 0 amide bonds. The molecule has 1 N–H and O–H groups in total. The number of benzene rings is 2. The highest BCUT2D eigenvalue weighted by atomic mass is 16.5. The fraction of sp³-hybridized carbons (Fsp3) is 0.100.